The van der Waals surface area contributed by atoms with E-state index >= 15 is 0 Å². The third-order valence-corrected chi connectivity index (χ3v) is 3.71. The first-order chi connectivity index (χ1) is 10.3. The van der Waals surface area contributed by atoms with Gasteiger partial charge >= 0.3 is 0 Å². The van der Waals surface area contributed by atoms with E-state index in [0.29, 0.717) is 18.0 Å². The van der Waals surface area contributed by atoms with Crippen molar-refractivity contribution >= 4 is 22.6 Å². The lowest BCUT2D eigenvalue weighted by atomic mass is 10.1. The van der Waals surface area contributed by atoms with Gasteiger partial charge in [0.1, 0.15) is 5.82 Å². The van der Waals surface area contributed by atoms with Crippen LogP contribution in [0, 0.1) is 0 Å². The van der Waals surface area contributed by atoms with Gasteiger partial charge in [-0.25, -0.2) is 4.98 Å². The smallest absolute Gasteiger partial charge is 0.252 e. The highest BCUT2D eigenvalue weighted by Crippen LogP contribution is 2.21. The number of nitrogens with one attached hydrogen (secondary N) is 2. The summed E-state index contributed by atoms with van der Waals surface area (Å²) >= 11 is 0. The fourth-order valence-corrected chi connectivity index (χ4v) is 2.61. The minimum atomic E-state index is -0.0689. The van der Waals surface area contributed by atoms with Crippen molar-refractivity contribution in [3.63, 3.8) is 0 Å². The molecule has 1 unspecified atom stereocenters. The normalized spacial score (nSPS) is 18.4. The molecule has 0 bridgehead atoms. The highest BCUT2D eigenvalue weighted by molar-refractivity contribution is 6.07. The number of hydrogen-bond donors (Lipinski definition) is 2. The monoisotopic (exact) mass is 285 g/mol. The summed E-state index contributed by atoms with van der Waals surface area (Å²) in [6.07, 6.45) is 1.96. The molecule has 1 atom stereocenters. The summed E-state index contributed by atoms with van der Waals surface area (Å²) < 4.78 is 5.41. The number of hydrogen-bond acceptors (Lipinski definition) is 4. The number of nitrogens with zero attached hydrogens (tertiary/aromatic N) is 1. The number of carbonyl (C=O) groups excluding carboxylic acids is 1. The van der Waals surface area contributed by atoms with Crippen molar-refractivity contribution in [1.29, 1.82) is 0 Å². The van der Waals surface area contributed by atoms with E-state index in [1.165, 1.54) is 0 Å². The minimum Gasteiger partial charge on any atom is -0.379 e. The van der Waals surface area contributed by atoms with Crippen molar-refractivity contribution in [3.05, 3.63) is 35.9 Å². The molecule has 21 heavy (non-hydrogen) atoms. The van der Waals surface area contributed by atoms with Gasteiger partial charge < -0.3 is 15.4 Å². The Hall–Kier alpha value is -2.14. The van der Waals surface area contributed by atoms with E-state index in [4.69, 9.17) is 4.74 Å². The van der Waals surface area contributed by atoms with Gasteiger partial charge in [-0.05, 0) is 25.0 Å². The average Bonchev–Trinajstić information content (AvgIpc) is 2.54. The van der Waals surface area contributed by atoms with E-state index in [1.54, 1.807) is 13.1 Å². The number of aromatic nitrogens is 1. The van der Waals surface area contributed by atoms with Crippen LogP contribution in [0.3, 0.4) is 0 Å². The van der Waals surface area contributed by atoms with Crippen LogP contribution in [0.15, 0.2) is 30.3 Å². The van der Waals surface area contributed by atoms with E-state index in [-0.39, 0.29) is 11.9 Å². The average molecular weight is 285 g/mol. The Morgan fingerprint density at radius 2 is 2.24 bits per heavy atom. The van der Waals surface area contributed by atoms with Gasteiger partial charge in [0.25, 0.3) is 5.91 Å². The van der Waals surface area contributed by atoms with E-state index in [2.05, 4.69) is 15.6 Å². The quantitative estimate of drug-likeness (QED) is 0.907. The van der Waals surface area contributed by atoms with Gasteiger partial charge in [0, 0.05) is 19.0 Å². The zero-order valence-electron chi connectivity index (χ0n) is 12.1. The maximum absolute atomic E-state index is 12.6. The highest BCUT2D eigenvalue weighted by atomic mass is 16.5. The fraction of sp³-hybridized carbons (Fsp3) is 0.375. The van der Waals surface area contributed by atoms with Crippen LogP contribution in [0.1, 0.15) is 23.2 Å². The molecule has 0 saturated carbocycles. The molecule has 3 rings (SSSR count). The zero-order chi connectivity index (χ0) is 14.7. The highest BCUT2D eigenvalue weighted by Gasteiger charge is 2.19. The molecule has 1 aliphatic rings. The molecule has 5 nitrogen and oxygen atoms in total. The number of benzene rings is 1. The standard InChI is InChI=1S/C16H19N3O2/c1-17-15-9-13(12-6-2-3-7-14(12)19-15)16(20)18-11-5-4-8-21-10-11/h2-3,6-7,9,11H,4-5,8,10H2,1H3,(H,17,19)(H,18,20). The first kappa shape index (κ1) is 13.8. The van der Waals surface area contributed by atoms with Crippen molar-refractivity contribution in [2.45, 2.75) is 18.9 Å². The summed E-state index contributed by atoms with van der Waals surface area (Å²) in [5.41, 5.74) is 1.46. The van der Waals surface area contributed by atoms with Gasteiger partial charge in [-0.1, -0.05) is 18.2 Å². The summed E-state index contributed by atoms with van der Waals surface area (Å²) in [7, 11) is 1.80. The number of amides is 1. The number of carbonyl (C=O) groups is 1. The second-order valence-electron chi connectivity index (χ2n) is 5.21. The molecule has 0 spiro atoms. The van der Waals surface area contributed by atoms with Crippen LogP contribution in [-0.2, 0) is 4.74 Å². The van der Waals surface area contributed by atoms with E-state index in [0.717, 1.165) is 30.4 Å². The predicted octanol–water partition coefficient (Wildman–Crippen LogP) is 2.19. The van der Waals surface area contributed by atoms with E-state index in [9.17, 15) is 4.79 Å². The van der Waals surface area contributed by atoms with Crippen molar-refractivity contribution in [3.8, 4) is 0 Å². The third kappa shape index (κ3) is 2.97. The number of rotatable bonds is 3. The Labute approximate surface area is 123 Å². The van der Waals surface area contributed by atoms with Crippen molar-refractivity contribution < 1.29 is 9.53 Å². The molecule has 1 aliphatic heterocycles. The van der Waals surface area contributed by atoms with Crippen LogP contribution in [-0.4, -0.2) is 37.2 Å². The molecular formula is C16H19N3O2. The van der Waals surface area contributed by atoms with Gasteiger partial charge in [-0.3, -0.25) is 4.79 Å². The Morgan fingerprint density at radius 1 is 1.38 bits per heavy atom. The van der Waals surface area contributed by atoms with Crippen LogP contribution in [0.5, 0.6) is 0 Å². The predicted molar refractivity (Wildman–Crippen MR) is 82.6 cm³/mol. The number of pyridine rings is 1. The molecule has 0 aliphatic carbocycles. The third-order valence-electron chi connectivity index (χ3n) is 3.71. The first-order valence-corrected chi connectivity index (χ1v) is 7.24. The van der Waals surface area contributed by atoms with Crippen LogP contribution in [0.4, 0.5) is 5.82 Å². The first-order valence-electron chi connectivity index (χ1n) is 7.24. The minimum absolute atomic E-state index is 0.0689. The SMILES string of the molecule is CNc1cc(C(=O)NC2CCCOC2)c2ccccc2n1. The maximum atomic E-state index is 12.6. The largest absolute Gasteiger partial charge is 0.379 e. The number of para-hydroxylation sites is 1. The lowest BCUT2D eigenvalue weighted by Gasteiger charge is -2.23. The van der Waals surface area contributed by atoms with Gasteiger partial charge in [-0.2, -0.15) is 0 Å². The van der Waals surface area contributed by atoms with Gasteiger partial charge in [0.15, 0.2) is 0 Å². The summed E-state index contributed by atoms with van der Waals surface area (Å²) in [5.74, 6) is 0.624. The molecule has 0 radical (unpaired) electrons. The molecule has 1 fully saturated rings. The number of ether oxygens (including phenoxy) is 1. The maximum Gasteiger partial charge on any atom is 0.252 e. The Bertz CT molecular complexity index is 651. The van der Waals surface area contributed by atoms with Crippen LogP contribution in [0.2, 0.25) is 0 Å². The lowest BCUT2D eigenvalue weighted by Crippen LogP contribution is -2.40. The van der Waals surface area contributed by atoms with Gasteiger partial charge in [0.2, 0.25) is 0 Å². The van der Waals surface area contributed by atoms with Crippen molar-refractivity contribution in [2.75, 3.05) is 25.6 Å². The Kier molecular flexibility index (Phi) is 4.01. The molecule has 2 N–H and O–H groups in total. The molecule has 1 aromatic heterocycles. The van der Waals surface area contributed by atoms with Crippen LogP contribution >= 0.6 is 0 Å². The molecule has 1 amide bonds. The summed E-state index contributed by atoms with van der Waals surface area (Å²) in [4.78, 5) is 17.0. The van der Waals surface area contributed by atoms with Crippen LogP contribution < -0.4 is 10.6 Å². The molecule has 110 valence electrons. The summed E-state index contributed by atoms with van der Waals surface area (Å²) in [5, 5.41) is 6.93. The fourth-order valence-electron chi connectivity index (χ4n) is 2.61. The molecule has 1 aromatic carbocycles. The summed E-state index contributed by atoms with van der Waals surface area (Å²) in [6, 6.07) is 9.57. The molecule has 2 aromatic rings. The zero-order valence-corrected chi connectivity index (χ0v) is 12.1. The Morgan fingerprint density at radius 3 is 3.00 bits per heavy atom. The topological polar surface area (TPSA) is 63.2 Å². The van der Waals surface area contributed by atoms with E-state index in [1.807, 2.05) is 24.3 Å². The van der Waals surface area contributed by atoms with Gasteiger partial charge in [-0.15, -0.1) is 0 Å². The van der Waals surface area contributed by atoms with Crippen molar-refractivity contribution in [2.24, 2.45) is 0 Å². The molecule has 5 heteroatoms. The molecular weight excluding hydrogens is 266 g/mol. The Balaban J connectivity index is 1.92. The number of fused-ring (bicyclic) bond motifs is 1. The summed E-state index contributed by atoms with van der Waals surface area (Å²) in [6.45, 7) is 1.38. The second-order valence-corrected chi connectivity index (χ2v) is 5.21. The lowest BCUT2D eigenvalue weighted by molar-refractivity contribution is 0.0625. The molecule has 1 saturated heterocycles. The van der Waals surface area contributed by atoms with Crippen LogP contribution in [0.25, 0.3) is 10.9 Å². The van der Waals surface area contributed by atoms with E-state index < -0.39 is 0 Å². The number of anilines is 1. The van der Waals surface area contributed by atoms with Crippen molar-refractivity contribution in [1.82, 2.24) is 10.3 Å². The van der Waals surface area contributed by atoms with Gasteiger partial charge in [0.05, 0.1) is 23.7 Å². The molecule has 2 heterocycles. The second kappa shape index (κ2) is 6.10.